The second kappa shape index (κ2) is 8.45. The highest BCUT2D eigenvalue weighted by molar-refractivity contribution is 5.27. The molecule has 0 heterocycles. The van der Waals surface area contributed by atoms with Crippen molar-refractivity contribution in [2.75, 3.05) is 13.7 Å². The first kappa shape index (κ1) is 15.5. The Bertz CT molecular complexity index is 511. The summed E-state index contributed by atoms with van der Waals surface area (Å²) in [6.45, 7) is 4.33. The van der Waals surface area contributed by atoms with Gasteiger partial charge in [0.15, 0.2) is 0 Å². The van der Waals surface area contributed by atoms with E-state index in [0.29, 0.717) is 19.3 Å². The molecule has 0 unspecified atom stereocenters. The van der Waals surface area contributed by atoms with Crippen LogP contribution in [-0.2, 0) is 17.9 Å². The fourth-order valence-electron chi connectivity index (χ4n) is 2.02. The van der Waals surface area contributed by atoms with E-state index in [9.17, 15) is 0 Å². The van der Waals surface area contributed by atoms with Gasteiger partial charge in [-0.15, -0.1) is 0 Å². The summed E-state index contributed by atoms with van der Waals surface area (Å²) in [7, 11) is 1.68. The molecule has 2 aromatic carbocycles. The summed E-state index contributed by atoms with van der Waals surface area (Å²) in [6, 6.07) is 18.7. The third-order valence-electron chi connectivity index (χ3n) is 3.29. The van der Waals surface area contributed by atoms with E-state index < -0.39 is 0 Å². The third-order valence-corrected chi connectivity index (χ3v) is 3.29. The van der Waals surface area contributed by atoms with Crippen LogP contribution in [0.1, 0.15) is 18.1 Å². The lowest BCUT2D eigenvalue weighted by Crippen LogP contribution is -2.30. The number of ether oxygens (including phenoxy) is 2. The van der Waals surface area contributed by atoms with Gasteiger partial charge >= 0.3 is 0 Å². The van der Waals surface area contributed by atoms with Crippen LogP contribution in [0, 0.1) is 0 Å². The second-order valence-corrected chi connectivity index (χ2v) is 5.13. The topological polar surface area (TPSA) is 30.5 Å². The van der Waals surface area contributed by atoms with Gasteiger partial charge in [0.25, 0.3) is 0 Å². The first-order valence-corrected chi connectivity index (χ1v) is 7.26. The van der Waals surface area contributed by atoms with Crippen molar-refractivity contribution in [3.8, 4) is 5.75 Å². The van der Waals surface area contributed by atoms with E-state index in [4.69, 9.17) is 9.47 Å². The van der Waals surface area contributed by atoms with Crippen LogP contribution in [-0.4, -0.2) is 19.8 Å². The van der Waals surface area contributed by atoms with Gasteiger partial charge in [0.1, 0.15) is 5.75 Å². The molecule has 112 valence electrons. The fourth-order valence-corrected chi connectivity index (χ4v) is 2.02. The van der Waals surface area contributed by atoms with E-state index in [-0.39, 0.29) is 0 Å². The SMILES string of the molecule is COc1ccc(CN[C@H](C)COCc2ccccc2)cc1. The van der Waals surface area contributed by atoms with Crippen molar-refractivity contribution in [3.63, 3.8) is 0 Å². The molecule has 21 heavy (non-hydrogen) atoms. The van der Waals surface area contributed by atoms with Crippen LogP contribution in [0.2, 0.25) is 0 Å². The van der Waals surface area contributed by atoms with Crippen LogP contribution < -0.4 is 10.1 Å². The van der Waals surface area contributed by atoms with Crippen molar-refractivity contribution in [2.45, 2.75) is 26.1 Å². The molecular formula is C18H23NO2. The Morgan fingerprint density at radius 2 is 1.67 bits per heavy atom. The number of rotatable bonds is 8. The van der Waals surface area contributed by atoms with Crippen molar-refractivity contribution in [3.05, 3.63) is 65.7 Å². The zero-order valence-corrected chi connectivity index (χ0v) is 12.7. The molecule has 0 aliphatic rings. The average molecular weight is 285 g/mol. The molecule has 0 aromatic heterocycles. The minimum absolute atomic E-state index is 0.316. The van der Waals surface area contributed by atoms with Gasteiger partial charge < -0.3 is 14.8 Å². The summed E-state index contributed by atoms with van der Waals surface area (Å²) in [5, 5.41) is 3.46. The highest BCUT2D eigenvalue weighted by Gasteiger charge is 2.02. The van der Waals surface area contributed by atoms with Gasteiger partial charge in [-0.05, 0) is 30.2 Å². The van der Waals surface area contributed by atoms with Crippen LogP contribution in [0.3, 0.4) is 0 Å². The maximum Gasteiger partial charge on any atom is 0.118 e. The lowest BCUT2D eigenvalue weighted by molar-refractivity contribution is 0.102. The first-order valence-electron chi connectivity index (χ1n) is 7.26. The lowest BCUT2D eigenvalue weighted by atomic mass is 10.2. The van der Waals surface area contributed by atoms with Gasteiger partial charge in [0.05, 0.1) is 20.3 Å². The van der Waals surface area contributed by atoms with Crippen molar-refractivity contribution < 1.29 is 9.47 Å². The summed E-state index contributed by atoms with van der Waals surface area (Å²) in [4.78, 5) is 0. The number of hydrogen-bond acceptors (Lipinski definition) is 3. The molecular weight excluding hydrogens is 262 g/mol. The largest absolute Gasteiger partial charge is 0.497 e. The average Bonchev–Trinajstić information content (AvgIpc) is 2.54. The Balaban J connectivity index is 1.66. The predicted molar refractivity (Wildman–Crippen MR) is 85.4 cm³/mol. The Morgan fingerprint density at radius 1 is 0.952 bits per heavy atom. The summed E-state index contributed by atoms with van der Waals surface area (Å²) in [6.07, 6.45) is 0. The normalized spacial score (nSPS) is 12.1. The number of benzene rings is 2. The molecule has 0 spiro atoms. The van der Waals surface area contributed by atoms with Crippen LogP contribution in [0.15, 0.2) is 54.6 Å². The molecule has 3 nitrogen and oxygen atoms in total. The molecule has 0 radical (unpaired) electrons. The van der Waals surface area contributed by atoms with Crippen molar-refractivity contribution in [1.82, 2.24) is 5.32 Å². The Kier molecular flexibility index (Phi) is 6.25. The van der Waals surface area contributed by atoms with Gasteiger partial charge in [-0.1, -0.05) is 42.5 Å². The summed E-state index contributed by atoms with van der Waals surface area (Å²) in [5.74, 6) is 0.887. The molecule has 0 aliphatic heterocycles. The smallest absolute Gasteiger partial charge is 0.118 e. The quantitative estimate of drug-likeness (QED) is 0.806. The van der Waals surface area contributed by atoms with Gasteiger partial charge in [0.2, 0.25) is 0 Å². The zero-order chi connectivity index (χ0) is 14.9. The minimum atomic E-state index is 0.316. The van der Waals surface area contributed by atoms with E-state index in [1.54, 1.807) is 7.11 Å². The van der Waals surface area contributed by atoms with E-state index in [2.05, 4.69) is 36.5 Å². The third kappa shape index (κ3) is 5.58. The van der Waals surface area contributed by atoms with Crippen LogP contribution in [0.4, 0.5) is 0 Å². The van der Waals surface area contributed by atoms with Crippen LogP contribution in [0.5, 0.6) is 5.75 Å². The van der Waals surface area contributed by atoms with Crippen LogP contribution >= 0.6 is 0 Å². The summed E-state index contributed by atoms with van der Waals surface area (Å²) < 4.78 is 10.9. The monoisotopic (exact) mass is 285 g/mol. The number of methoxy groups -OCH3 is 1. The standard InChI is InChI=1S/C18H23NO2/c1-15(13-21-14-17-6-4-3-5-7-17)19-12-16-8-10-18(20-2)11-9-16/h3-11,15,19H,12-14H2,1-2H3/t15-/m1/s1. The predicted octanol–water partition coefficient (Wildman–Crippen LogP) is 3.39. The van der Waals surface area contributed by atoms with E-state index in [1.165, 1.54) is 11.1 Å². The maximum absolute atomic E-state index is 5.72. The molecule has 2 rings (SSSR count). The Morgan fingerprint density at radius 3 is 2.33 bits per heavy atom. The van der Waals surface area contributed by atoms with Gasteiger partial charge in [-0.2, -0.15) is 0 Å². The first-order chi connectivity index (χ1) is 10.3. The molecule has 3 heteroatoms. The molecule has 2 aromatic rings. The maximum atomic E-state index is 5.72. The van der Waals surface area contributed by atoms with Crippen molar-refractivity contribution in [2.24, 2.45) is 0 Å². The number of nitrogens with one attached hydrogen (secondary N) is 1. The van der Waals surface area contributed by atoms with Crippen LogP contribution in [0.25, 0.3) is 0 Å². The molecule has 0 saturated heterocycles. The summed E-state index contributed by atoms with van der Waals surface area (Å²) >= 11 is 0. The highest BCUT2D eigenvalue weighted by atomic mass is 16.5. The van der Waals surface area contributed by atoms with Gasteiger partial charge in [-0.3, -0.25) is 0 Å². The molecule has 1 atom stereocenters. The zero-order valence-electron chi connectivity index (χ0n) is 12.7. The molecule has 0 saturated carbocycles. The fraction of sp³-hybridized carbons (Fsp3) is 0.333. The molecule has 0 fully saturated rings. The van der Waals surface area contributed by atoms with Crippen molar-refractivity contribution in [1.29, 1.82) is 0 Å². The lowest BCUT2D eigenvalue weighted by Gasteiger charge is -2.14. The molecule has 0 aliphatic carbocycles. The van der Waals surface area contributed by atoms with E-state index >= 15 is 0 Å². The highest BCUT2D eigenvalue weighted by Crippen LogP contribution is 2.11. The number of hydrogen-bond donors (Lipinski definition) is 1. The minimum Gasteiger partial charge on any atom is -0.497 e. The molecule has 1 N–H and O–H groups in total. The Labute approximate surface area is 126 Å². The summed E-state index contributed by atoms with van der Waals surface area (Å²) in [5.41, 5.74) is 2.45. The van der Waals surface area contributed by atoms with Gasteiger partial charge in [0, 0.05) is 12.6 Å². The van der Waals surface area contributed by atoms with Crippen molar-refractivity contribution >= 4 is 0 Å². The Hall–Kier alpha value is -1.84. The van der Waals surface area contributed by atoms with E-state index in [0.717, 1.165) is 12.3 Å². The van der Waals surface area contributed by atoms with E-state index in [1.807, 2.05) is 30.3 Å². The second-order valence-electron chi connectivity index (χ2n) is 5.13. The molecule has 0 bridgehead atoms. The van der Waals surface area contributed by atoms with Gasteiger partial charge in [-0.25, -0.2) is 0 Å². The molecule has 0 amide bonds.